The summed E-state index contributed by atoms with van der Waals surface area (Å²) in [5.74, 6) is 0.542. The molecule has 0 unspecified atom stereocenters. The fourth-order valence-electron chi connectivity index (χ4n) is 1.81. The molecule has 0 aromatic carbocycles. The van der Waals surface area contributed by atoms with Crippen LogP contribution in [0.5, 0.6) is 0 Å². The summed E-state index contributed by atoms with van der Waals surface area (Å²) in [6.07, 6.45) is 1.03. The maximum atomic E-state index is 9.81. The zero-order chi connectivity index (χ0) is 13.6. The molecule has 0 aliphatic rings. The maximum absolute atomic E-state index is 9.81. The predicted octanol–water partition coefficient (Wildman–Crippen LogP) is 0.845. The van der Waals surface area contributed by atoms with E-state index in [0.29, 0.717) is 12.8 Å². The summed E-state index contributed by atoms with van der Waals surface area (Å²) in [4.78, 5) is 0. The van der Waals surface area contributed by atoms with Gasteiger partial charge in [0.15, 0.2) is 0 Å². The second-order valence-corrected chi connectivity index (χ2v) is 5.71. The highest BCUT2D eigenvalue weighted by Crippen LogP contribution is 2.14. The van der Waals surface area contributed by atoms with Crippen LogP contribution in [0.1, 0.15) is 47.0 Å². The SMILES string of the molecule is CC(C)[C@H](N)[C@H](O)CCC[C@@H](O)[C@@H](N)C(C)C. The average molecular weight is 246 g/mol. The molecule has 0 heterocycles. The Bertz CT molecular complexity index is 178. The lowest BCUT2D eigenvalue weighted by molar-refractivity contribution is 0.0886. The van der Waals surface area contributed by atoms with Gasteiger partial charge in [-0.15, -0.1) is 0 Å². The van der Waals surface area contributed by atoms with Crippen LogP contribution >= 0.6 is 0 Å². The van der Waals surface area contributed by atoms with Crippen LogP contribution in [0.25, 0.3) is 0 Å². The van der Waals surface area contributed by atoms with Crippen LogP contribution in [0.2, 0.25) is 0 Å². The van der Waals surface area contributed by atoms with Crippen molar-refractivity contribution in [2.45, 2.75) is 71.2 Å². The van der Waals surface area contributed by atoms with Crippen LogP contribution in [0.15, 0.2) is 0 Å². The summed E-state index contributed by atoms with van der Waals surface area (Å²) in [6.45, 7) is 7.99. The molecule has 4 nitrogen and oxygen atoms in total. The van der Waals surface area contributed by atoms with E-state index in [0.717, 1.165) is 6.42 Å². The molecule has 0 aliphatic carbocycles. The first kappa shape index (κ1) is 16.8. The Kier molecular flexibility index (Phi) is 7.96. The predicted molar refractivity (Wildman–Crippen MR) is 71.5 cm³/mol. The van der Waals surface area contributed by atoms with Crippen LogP contribution in [-0.4, -0.2) is 34.5 Å². The molecular formula is C13H30N2O2. The van der Waals surface area contributed by atoms with E-state index < -0.39 is 12.2 Å². The van der Waals surface area contributed by atoms with Crippen molar-refractivity contribution in [1.29, 1.82) is 0 Å². The molecule has 0 spiro atoms. The summed E-state index contributed by atoms with van der Waals surface area (Å²) in [6, 6.07) is -0.378. The highest BCUT2D eigenvalue weighted by atomic mass is 16.3. The molecule has 4 heteroatoms. The quantitative estimate of drug-likeness (QED) is 0.511. The fourth-order valence-corrected chi connectivity index (χ4v) is 1.81. The lowest BCUT2D eigenvalue weighted by Gasteiger charge is -2.24. The highest BCUT2D eigenvalue weighted by Gasteiger charge is 2.21. The van der Waals surface area contributed by atoms with Crippen molar-refractivity contribution in [1.82, 2.24) is 0 Å². The van der Waals surface area contributed by atoms with Crippen LogP contribution < -0.4 is 11.5 Å². The van der Waals surface area contributed by atoms with Gasteiger partial charge in [0, 0.05) is 12.1 Å². The molecule has 0 aromatic rings. The summed E-state index contributed by atoms with van der Waals surface area (Å²) < 4.78 is 0. The first-order valence-electron chi connectivity index (χ1n) is 6.64. The van der Waals surface area contributed by atoms with Gasteiger partial charge in [-0.2, -0.15) is 0 Å². The van der Waals surface area contributed by atoms with Gasteiger partial charge in [0.2, 0.25) is 0 Å². The van der Waals surface area contributed by atoms with Gasteiger partial charge in [-0.3, -0.25) is 0 Å². The smallest absolute Gasteiger partial charge is 0.0693 e. The minimum absolute atomic E-state index is 0.189. The molecule has 0 aromatic heterocycles. The average Bonchev–Trinajstić information content (AvgIpc) is 2.26. The molecular weight excluding hydrogens is 216 g/mol. The Morgan fingerprint density at radius 3 is 1.29 bits per heavy atom. The van der Waals surface area contributed by atoms with Crippen LogP contribution in [0.3, 0.4) is 0 Å². The van der Waals surface area contributed by atoms with Gasteiger partial charge in [0.05, 0.1) is 12.2 Å². The lowest BCUT2D eigenvalue weighted by Crippen LogP contribution is -2.40. The summed E-state index contributed by atoms with van der Waals surface area (Å²) >= 11 is 0. The van der Waals surface area contributed by atoms with E-state index in [4.69, 9.17) is 11.5 Å². The van der Waals surface area contributed by atoms with Gasteiger partial charge < -0.3 is 21.7 Å². The van der Waals surface area contributed by atoms with Gasteiger partial charge in [-0.25, -0.2) is 0 Å². The monoisotopic (exact) mass is 246 g/mol. The van der Waals surface area contributed by atoms with Crippen molar-refractivity contribution in [3.8, 4) is 0 Å². The molecule has 0 saturated heterocycles. The molecule has 4 atom stereocenters. The minimum Gasteiger partial charge on any atom is -0.392 e. The molecule has 0 amide bonds. The Labute approximate surface area is 105 Å². The normalized spacial score (nSPS) is 19.4. The van der Waals surface area contributed by atoms with Crippen LogP contribution in [0, 0.1) is 11.8 Å². The number of rotatable bonds is 8. The Hall–Kier alpha value is -0.160. The van der Waals surface area contributed by atoms with E-state index in [1.54, 1.807) is 0 Å². The summed E-state index contributed by atoms with van der Waals surface area (Å²) in [5.41, 5.74) is 11.7. The van der Waals surface area contributed by atoms with Crippen molar-refractivity contribution in [3.63, 3.8) is 0 Å². The van der Waals surface area contributed by atoms with E-state index in [2.05, 4.69) is 0 Å². The molecule has 0 rings (SSSR count). The molecule has 104 valence electrons. The lowest BCUT2D eigenvalue weighted by atomic mass is 9.92. The first-order valence-corrected chi connectivity index (χ1v) is 6.64. The number of aliphatic hydroxyl groups excluding tert-OH is 2. The third-order valence-corrected chi connectivity index (χ3v) is 3.43. The molecule has 6 N–H and O–H groups in total. The Balaban J connectivity index is 3.84. The van der Waals surface area contributed by atoms with Gasteiger partial charge in [-0.1, -0.05) is 27.7 Å². The van der Waals surface area contributed by atoms with E-state index in [-0.39, 0.29) is 23.9 Å². The topological polar surface area (TPSA) is 92.5 Å². The number of hydrogen-bond acceptors (Lipinski definition) is 4. The zero-order valence-electron chi connectivity index (χ0n) is 11.6. The minimum atomic E-state index is -0.488. The van der Waals surface area contributed by atoms with Gasteiger partial charge >= 0.3 is 0 Å². The highest BCUT2D eigenvalue weighted by molar-refractivity contribution is 4.78. The van der Waals surface area contributed by atoms with Crippen molar-refractivity contribution in [3.05, 3.63) is 0 Å². The largest absolute Gasteiger partial charge is 0.392 e. The van der Waals surface area contributed by atoms with Crippen LogP contribution in [-0.2, 0) is 0 Å². The Morgan fingerprint density at radius 1 is 0.765 bits per heavy atom. The van der Waals surface area contributed by atoms with Crippen molar-refractivity contribution >= 4 is 0 Å². The molecule has 0 saturated carbocycles. The number of hydrogen-bond donors (Lipinski definition) is 4. The second-order valence-electron chi connectivity index (χ2n) is 5.71. The van der Waals surface area contributed by atoms with E-state index in [9.17, 15) is 10.2 Å². The van der Waals surface area contributed by atoms with E-state index >= 15 is 0 Å². The van der Waals surface area contributed by atoms with E-state index in [1.165, 1.54) is 0 Å². The van der Waals surface area contributed by atoms with Gasteiger partial charge in [0.1, 0.15) is 0 Å². The van der Waals surface area contributed by atoms with Gasteiger partial charge in [-0.05, 0) is 31.1 Å². The van der Waals surface area contributed by atoms with Gasteiger partial charge in [0.25, 0.3) is 0 Å². The third kappa shape index (κ3) is 6.36. The zero-order valence-corrected chi connectivity index (χ0v) is 11.6. The second kappa shape index (κ2) is 8.03. The Morgan fingerprint density at radius 2 is 1.06 bits per heavy atom. The molecule has 17 heavy (non-hydrogen) atoms. The molecule has 0 fully saturated rings. The van der Waals surface area contributed by atoms with Crippen molar-refractivity contribution < 1.29 is 10.2 Å². The third-order valence-electron chi connectivity index (χ3n) is 3.43. The molecule has 0 bridgehead atoms. The summed E-state index contributed by atoms with van der Waals surface area (Å²) in [5, 5.41) is 19.6. The standard InChI is InChI=1S/C13H30N2O2/c1-8(2)12(14)10(16)6-5-7-11(17)13(15)9(3)4/h8-13,16-17H,5-7,14-15H2,1-4H3/t10-,11-,12+,13+/m1/s1. The van der Waals surface area contributed by atoms with Crippen LogP contribution in [0.4, 0.5) is 0 Å². The van der Waals surface area contributed by atoms with E-state index in [1.807, 2.05) is 27.7 Å². The number of aliphatic hydroxyl groups is 2. The fraction of sp³-hybridized carbons (Fsp3) is 1.00. The van der Waals surface area contributed by atoms with Crippen molar-refractivity contribution in [2.24, 2.45) is 23.3 Å². The maximum Gasteiger partial charge on any atom is 0.0693 e. The molecule has 0 radical (unpaired) electrons. The first-order chi connectivity index (χ1) is 7.77. The molecule has 0 aliphatic heterocycles. The van der Waals surface area contributed by atoms with Crippen molar-refractivity contribution in [2.75, 3.05) is 0 Å². The number of nitrogens with two attached hydrogens (primary N) is 2. The summed E-state index contributed by atoms with van der Waals surface area (Å²) in [7, 11) is 0.